The van der Waals surface area contributed by atoms with E-state index in [1.54, 1.807) is 0 Å². The van der Waals surface area contributed by atoms with Crippen LogP contribution in [0.25, 0.3) is 0 Å². The zero-order valence-corrected chi connectivity index (χ0v) is 8.52. The summed E-state index contributed by atoms with van der Waals surface area (Å²) < 4.78 is 1.17. The van der Waals surface area contributed by atoms with E-state index in [-0.39, 0.29) is 0 Å². The number of nitrogens with two attached hydrogens (primary N) is 1. The molecule has 0 radical (unpaired) electrons. The number of halogens is 1. The fourth-order valence-corrected chi connectivity index (χ4v) is 1.35. The van der Waals surface area contributed by atoms with Gasteiger partial charge in [-0.15, -0.1) is 5.73 Å². The van der Waals surface area contributed by atoms with Gasteiger partial charge in [0, 0.05) is 4.43 Å². The largest absolute Gasteiger partial charge is 0.330 e. The molecule has 0 aliphatic heterocycles. The average Bonchev–Trinajstić information content (AvgIpc) is 1.89. The van der Waals surface area contributed by atoms with E-state index in [0.717, 1.165) is 19.4 Å². The molecule has 0 unspecified atom stereocenters. The first kappa shape index (κ1) is 10.2. The summed E-state index contributed by atoms with van der Waals surface area (Å²) >= 11 is 2.36. The van der Waals surface area contributed by atoms with Crippen molar-refractivity contribution in [2.24, 2.45) is 5.73 Å². The van der Waals surface area contributed by atoms with Gasteiger partial charge in [0.25, 0.3) is 0 Å². The zero-order chi connectivity index (χ0) is 7.82. The Morgan fingerprint density at radius 3 is 2.90 bits per heavy atom. The highest BCUT2D eigenvalue weighted by Crippen LogP contribution is 2.00. The smallest absolute Gasteiger partial charge is 0.00386 e. The summed E-state index contributed by atoms with van der Waals surface area (Å²) in [5, 5.41) is 0. The topological polar surface area (TPSA) is 26.0 Å². The third-order valence-corrected chi connectivity index (χ3v) is 1.67. The maximum atomic E-state index is 5.31. The van der Waals surface area contributed by atoms with E-state index in [1.165, 1.54) is 10.0 Å². The maximum Gasteiger partial charge on any atom is 0.00386 e. The van der Waals surface area contributed by atoms with E-state index in [0.29, 0.717) is 0 Å². The van der Waals surface area contributed by atoms with Crippen molar-refractivity contribution in [3.05, 3.63) is 17.4 Å². The van der Waals surface area contributed by atoms with E-state index in [4.69, 9.17) is 5.73 Å². The maximum absolute atomic E-state index is 5.31. The molecule has 0 bridgehead atoms. The van der Waals surface area contributed by atoms with Gasteiger partial charge in [-0.05, 0) is 38.0 Å². The second kappa shape index (κ2) is 7.32. The number of rotatable bonds is 4. The molecule has 0 heterocycles. The second-order valence-corrected chi connectivity index (χ2v) is 3.22. The lowest BCUT2D eigenvalue weighted by molar-refractivity contribution is 1.01. The quantitative estimate of drug-likeness (QED) is 0.463. The van der Waals surface area contributed by atoms with Crippen LogP contribution in [0.5, 0.6) is 0 Å². The molecule has 1 nitrogen and oxygen atoms in total. The van der Waals surface area contributed by atoms with Crippen molar-refractivity contribution in [1.82, 2.24) is 0 Å². The molecule has 0 aromatic heterocycles. The van der Waals surface area contributed by atoms with Crippen LogP contribution < -0.4 is 5.73 Å². The molecule has 0 rings (SSSR count). The predicted octanol–water partition coefficient (Wildman–Crippen LogP) is 2.26. The average molecular weight is 251 g/mol. The van der Waals surface area contributed by atoms with Gasteiger partial charge in [0.1, 0.15) is 0 Å². The van der Waals surface area contributed by atoms with Gasteiger partial charge in [-0.2, -0.15) is 0 Å². The highest BCUT2D eigenvalue weighted by Gasteiger charge is 1.82. The van der Waals surface area contributed by atoms with Gasteiger partial charge in [0.05, 0.1) is 0 Å². The van der Waals surface area contributed by atoms with Gasteiger partial charge in [-0.25, -0.2) is 0 Å². The monoisotopic (exact) mass is 251 g/mol. The minimum atomic E-state index is 0.727. The molecule has 2 heteroatoms. The molecule has 0 aromatic carbocycles. The minimum absolute atomic E-state index is 0.727. The minimum Gasteiger partial charge on any atom is -0.330 e. The first-order chi connectivity index (χ1) is 4.81. The van der Waals surface area contributed by atoms with Crippen molar-refractivity contribution in [3.8, 4) is 0 Å². The summed E-state index contributed by atoms with van der Waals surface area (Å²) in [6.07, 6.45) is 4.10. The SMILES string of the molecule is CC(=C=CCCN)CCI. The molecule has 0 spiro atoms. The molecule has 0 fully saturated rings. The Hall–Kier alpha value is 0.210. The number of hydrogen-bond acceptors (Lipinski definition) is 1. The van der Waals surface area contributed by atoms with Gasteiger partial charge >= 0.3 is 0 Å². The summed E-state index contributed by atoms with van der Waals surface area (Å²) in [6.45, 7) is 2.83. The molecule has 2 N–H and O–H groups in total. The Morgan fingerprint density at radius 1 is 1.70 bits per heavy atom. The van der Waals surface area contributed by atoms with Gasteiger partial charge < -0.3 is 5.73 Å². The first-order valence-electron chi connectivity index (χ1n) is 3.48. The summed E-state index contributed by atoms with van der Waals surface area (Å²) in [6, 6.07) is 0. The molecular formula is C8H14IN. The van der Waals surface area contributed by atoms with Crippen molar-refractivity contribution in [3.63, 3.8) is 0 Å². The standard InChI is InChI=1S/C8H14IN/c1-8(5-6-9)4-2-3-7-10/h2H,3,5-7,10H2,1H3. The van der Waals surface area contributed by atoms with E-state index in [1.807, 2.05) is 6.08 Å². The molecular weight excluding hydrogens is 237 g/mol. The third-order valence-electron chi connectivity index (χ3n) is 1.13. The van der Waals surface area contributed by atoms with Crippen LogP contribution in [0.4, 0.5) is 0 Å². The lowest BCUT2D eigenvalue weighted by atomic mass is 10.2. The van der Waals surface area contributed by atoms with Crippen LogP contribution in [0.1, 0.15) is 19.8 Å². The molecule has 0 amide bonds. The molecule has 58 valence electrons. The van der Waals surface area contributed by atoms with E-state index >= 15 is 0 Å². The first-order valence-corrected chi connectivity index (χ1v) is 5.00. The Kier molecular flexibility index (Phi) is 7.47. The second-order valence-electron chi connectivity index (χ2n) is 2.15. The van der Waals surface area contributed by atoms with Crippen LogP contribution in [-0.4, -0.2) is 11.0 Å². The Morgan fingerprint density at radius 2 is 2.40 bits per heavy atom. The van der Waals surface area contributed by atoms with Gasteiger partial charge in [0.2, 0.25) is 0 Å². The highest BCUT2D eigenvalue weighted by molar-refractivity contribution is 14.1. The van der Waals surface area contributed by atoms with Gasteiger partial charge in [0.15, 0.2) is 0 Å². The lowest BCUT2D eigenvalue weighted by Gasteiger charge is -1.88. The van der Waals surface area contributed by atoms with Crippen molar-refractivity contribution in [2.45, 2.75) is 19.8 Å². The molecule has 0 aliphatic carbocycles. The summed E-state index contributed by atoms with van der Waals surface area (Å²) in [5.74, 6) is 0. The van der Waals surface area contributed by atoms with Crippen LogP contribution >= 0.6 is 22.6 Å². The molecule has 0 saturated heterocycles. The fourth-order valence-electron chi connectivity index (χ4n) is 0.544. The molecule has 0 aliphatic rings. The van der Waals surface area contributed by atoms with E-state index in [9.17, 15) is 0 Å². The van der Waals surface area contributed by atoms with Crippen LogP contribution in [-0.2, 0) is 0 Å². The lowest BCUT2D eigenvalue weighted by Crippen LogP contribution is -1.94. The molecule has 10 heavy (non-hydrogen) atoms. The molecule has 0 atom stereocenters. The van der Waals surface area contributed by atoms with Gasteiger partial charge in [-0.3, -0.25) is 0 Å². The van der Waals surface area contributed by atoms with Crippen LogP contribution in [0.2, 0.25) is 0 Å². The van der Waals surface area contributed by atoms with E-state index < -0.39 is 0 Å². The fraction of sp³-hybridized carbons (Fsp3) is 0.625. The van der Waals surface area contributed by atoms with E-state index in [2.05, 4.69) is 35.2 Å². The Balaban J connectivity index is 3.64. The third kappa shape index (κ3) is 6.33. The van der Waals surface area contributed by atoms with Gasteiger partial charge in [-0.1, -0.05) is 22.6 Å². The van der Waals surface area contributed by atoms with Crippen molar-refractivity contribution < 1.29 is 0 Å². The van der Waals surface area contributed by atoms with Crippen LogP contribution in [0, 0.1) is 0 Å². The van der Waals surface area contributed by atoms with Crippen molar-refractivity contribution >= 4 is 22.6 Å². The molecule has 0 saturated carbocycles. The van der Waals surface area contributed by atoms with Crippen molar-refractivity contribution in [1.29, 1.82) is 0 Å². The summed E-state index contributed by atoms with van der Waals surface area (Å²) in [4.78, 5) is 0. The van der Waals surface area contributed by atoms with Crippen LogP contribution in [0.3, 0.4) is 0 Å². The Bertz CT molecular complexity index is 134. The van der Waals surface area contributed by atoms with Crippen LogP contribution in [0.15, 0.2) is 17.4 Å². The zero-order valence-electron chi connectivity index (χ0n) is 6.36. The highest BCUT2D eigenvalue weighted by atomic mass is 127. The molecule has 0 aromatic rings. The van der Waals surface area contributed by atoms with Crippen molar-refractivity contribution in [2.75, 3.05) is 11.0 Å². The number of hydrogen-bond donors (Lipinski definition) is 1. The number of alkyl halides is 1. The predicted molar refractivity (Wildman–Crippen MR) is 54.4 cm³/mol. The summed E-state index contributed by atoms with van der Waals surface area (Å²) in [5.41, 5.74) is 9.82. The Labute approximate surface area is 76.5 Å². The normalized spacial score (nSPS) is 8.70. The summed E-state index contributed by atoms with van der Waals surface area (Å²) in [7, 11) is 0.